The van der Waals surface area contributed by atoms with E-state index in [0.717, 1.165) is 28.8 Å². The van der Waals surface area contributed by atoms with Crippen LogP contribution in [0.15, 0.2) is 59.9 Å². The molecular formula is C23H22N4O2. The zero-order valence-electron chi connectivity index (χ0n) is 16.3. The second-order valence-electron chi connectivity index (χ2n) is 8.04. The molecule has 0 saturated carbocycles. The van der Waals surface area contributed by atoms with Crippen LogP contribution in [0.4, 0.5) is 0 Å². The molecule has 1 fully saturated rings. The first-order chi connectivity index (χ1) is 14.1. The summed E-state index contributed by atoms with van der Waals surface area (Å²) in [7, 11) is 0. The zero-order chi connectivity index (χ0) is 20.0. The van der Waals surface area contributed by atoms with Crippen LogP contribution in [0, 0.1) is 12.8 Å². The highest BCUT2D eigenvalue weighted by atomic mass is 16.2. The summed E-state index contributed by atoms with van der Waals surface area (Å²) in [5.41, 5.74) is 4.46. The number of piperidine rings is 1. The van der Waals surface area contributed by atoms with E-state index < -0.39 is 0 Å². The summed E-state index contributed by atoms with van der Waals surface area (Å²) in [6.07, 6.45) is 5.56. The molecule has 2 aliphatic heterocycles. The number of rotatable bonds is 2. The van der Waals surface area contributed by atoms with Crippen LogP contribution in [0.25, 0.3) is 11.1 Å². The molecule has 146 valence electrons. The third-order valence-corrected chi connectivity index (χ3v) is 6.13. The molecule has 1 aromatic carbocycles. The fourth-order valence-corrected chi connectivity index (χ4v) is 4.78. The molecule has 0 aliphatic carbocycles. The highest BCUT2D eigenvalue weighted by Crippen LogP contribution is 2.36. The van der Waals surface area contributed by atoms with Crippen LogP contribution in [-0.4, -0.2) is 38.4 Å². The lowest BCUT2D eigenvalue weighted by atomic mass is 9.82. The molecular weight excluding hydrogens is 364 g/mol. The maximum atomic E-state index is 13.3. The molecule has 29 heavy (non-hydrogen) atoms. The number of nitrogens with zero attached hydrogens (tertiary/aromatic N) is 4. The molecule has 6 nitrogen and oxygen atoms in total. The normalized spacial score (nSPS) is 20.2. The van der Waals surface area contributed by atoms with Crippen molar-refractivity contribution in [2.75, 3.05) is 13.1 Å². The lowest BCUT2D eigenvalue weighted by Crippen LogP contribution is -2.49. The van der Waals surface area contributed by atoms with Crippen LogP contribution in [0.5, 0.6) is 0 Å². The minimum atomic E-state index is -0.0346. The molecule has 2 atom stereocenters. The Balaban J connectivity index is 1.49. The van der Waals surface area contributed by atoms with Crippen LogP contribution in [0.1, 0.15) is 34.0 Å². The number of carbonyl (C=O) groups is 1. The van der Waals surface area contributed by atoms with Crippen molar-refractivity contribution in [1.82, 2.24) is 19.4 Å². The molecule has 6 heteroatoms. The molecule has 0 spiro atoms. The molecule has 1 amide bonds. The van der Waals surface area contributed by atoms with Crippen LogP contribution in [0.2, 0.25) is 0 Å². The summed E-state index contributed by atoms with van der Waals surface area (Å²) in [6.45, 7) is 3.96. The predicted molar refractivity (Wildman–Crippen MR) is 110 cm³/mol. The van der Waals surface area contributed by atoms with Gasteiger partial charge in [0.15, 0.2) is 0 Å². The van der Waals surface area contributed by atoms with E-state index in [0.29, 0.717) is 25.2 Å². The largest absolute Gasteiger partial charge is 0.338 e. The van der Waals surface area contributed by atoms with Crippen molar-refractivity contribution in [2.24, 2.45) is 5.92 Å². The lowest BCUT2D eigenvalue weighted by molar-refractivity contribution is 0.0594. The topological polar surface area (TPSA) is 68.1 Å². The number of fused-ring (bicyclic) bond motifs is 4. The summed E-state index contributed by atoms with van der Waals surface area (Å²) in [6, 6.07) is 12.0. The zero-order valence-corrected chi connectivity index (χ0v) is 16.3. The highest BCUT2D eigenvalue weighted by molar-refractivity contribution is 5.93. The van der Waals surface area contributed by atoms with Gasteiger partial charge in [-0.15, -0.1) is 0 Å². The Morgan fingerprint density at radius 3 is 2.59 bits per heavy atom. The van der Waals surface area contributed by atoms with Gasteiger partial charge in [0, 0.05) is 49.2 Å². The molecule has 2 aromatic heterocycles. The van der Waals surface area contributed by atoms with Gasteiger partial charge in [0.05, 0.1) is 5.56 Å². The summed E-state index contributed by atoms with van der Waals surface area (Å²) in [5, 5.41) is 0. The number of hydrogen-bond donors (Lipinski definition) is 0. The summed E-state index contributed by atoms with van der Waals surface area (Å²) in [4.78, 5) is 36.0. The number of benzene rings is 1. The van der Waals surface area contributed by atoms with E-state index in [-0.39, 0.29) is 23.3 Å². The van der Waals surface area contributed by atoms with Gasteiger partial charge in [0.1, 0.15) is 6.33 Å². The van der Waals surface area contributed by atoms with E-state index in [1.54, 1.807) is 12.4 Å². The van der Waals surface area contributed by atoms with Gasteiger partial charge in [0.2, 0.25) is 0 Å². The van der Waals surface area contributed by atoms with Crippen molar-refractivity contribution in [2.45, 2.75) is 25.8 Å². The fourth-order valence-electron chi connectivity index (χ4n) is 4.78. The summed E-state index contributed by atoms with van der Waals surface area (Å²) >= 11 is 0. The summed E-state index contributed by atoms with van der Waals surface area (Å²) < 4.78 is 1.94. The number of pyridine rings is 1. The van der Waals surface area contributed by atoms with E-state index in [9.17, 15) is 9.59 Å². The third kappa shape index (κ3) is 3.05. The Hall–Kier alpha value is -3.28. The van der Waals surface area contributed by atoms with Crippen LogP contribution >= 0.6 is 0 Å². The van der Waals surface area contributed by atoms with Crippen LogP contribution in [0.3, 0.4) is 0 Å². The number of aromatic nitrogens is 3. The average Bonchev–Trinajstić information content (AvgIpc) is 2.75. The molecule has 2 bridgehead atoms. The molecule has 0 N–H and O–H groups in total. The monoisotopic (exact) mass is 386 g/mol. The second-order valence-corrected chi connectivity index (χ2v) is 8.04. The first kappa shape index (κ1) is 17.8. The van der Waals surface area contributed by atoms with Crippen LogP contribution in [-0.2, 0) is 6.54 Å². The van der Waals surface area contributed by atoms with Gasteiger partial charge in [0.25, 0.3) is 11.5 Å². The van der Waals surface area contributed by atoms with E-state index in [1.807, 2.05) is 46.7 Å². The number of carbonyl (C=O) groups excluding carboxylic acids is 1. The number of likely N-dealkylation sites (tertiary alicyclic amines) is 1. The van der Waals surface area contributed by atoms with E-state index in [1.165, 1.54) is 6.33 Å². The smallest absolute Gasteiger partial charge is 0.258 e. The highest BCUT2D eigenvalue weighted by Gasteiger charge is 2.37. The van der Waals surface area contributed by atoms with Crippen molar-refractivity contribution in [3.05, 3.63) is 82.3 Å². The molecule has 5 rings (SSSR count). The number of amides is 1. The quantitative estimate of drug-likeness (QED) is 0.679. The molecule has 3 aromatic rings. The van der Waals surface area contributed by atoms with Gasteiger partial charge in [-0.1, -0.05) is 24.3 Å². The van der Waals surface area contributed by atoms with E-state index >= 15 is 0 Å². The minimum absolute atomic E-state index is 0.0346. The maximum Gasteiger partial charge on any atom is 0.258 e. The maximum absolute atomic E-state index is 13.3. The third-order valence-electron chi connectivity index (χ3n) is 6.13. The number of aryl methyl sites for hydroxylation is 1. The fraction of sp³-hybridized carbons (Fsp3) is 0.304. The van der Waals surface area contributed by atoms with Crippen molar-refractivity contribution < 1.29 is 4.79 Å². The molecule has 4 heterocycles. The Kier molecular flexibility index (Phi) is 4.27. The molecule has 2 aliphatic rings. The average molecular weight is 386 g/mol. The molecule has 1 saturated heterocycles. The standard InChI is InChI=1S/C23H22N4O2/c1-15-4-2-3-5-19(15)20-6-7-21-17-8-16(12-27(21)23(20)29)11-26(13-17)22(28)18-9-24-14-25-10-18/h2-7,9-10,14,16-17H,8,11-13H2,1H3/t16-,17-/m1/s1. The van der Waals surface area contributed by atoms with E-state index in [4.69, 9.17) is 0 Å². The lowest BCUT2D eigenvalue weighted by Gasteiger charge is -2.42. The van der Waals surface area contributed by atoms with Crippen molar-refractivity contribution in [3.8, 4) is 11.1 Å². The Labute approximate surface area is 168 Å². The van der Waals surface area contributed by atoms with Crippen molar-refractivity contribution in [3.63, 3.8) is 0 Å². The Morgan fingerprint density at radius 1 is 1.00 bits per heavy atom. The Bertz CT molecular complexity index is 1140. The predicted octanol–water partition coefficient (Wildman–Crippen LogP) is 2.87. The SMILES string of the molecule is Cc1ccccc1-c1ccc2n(c1=O)C[C@@H]1C[C@@H]2CN(C(=O)c2cncnc2)C1. The van der Waals surface area contributed by atoms with Crippen LogP contribution < -0.4 is 5.56 Å². The van der Waals surface area contributed by atoms with E-state index in [2.05, 4.69) is 16.0 Å². The Morgan fingerprint density at radius 2 is 1.79 bits per heavy atom. The molecule has 0 unspecified atom stereocenters. The second kappa shape index (κ2) is 6.95. The molecule has 0 radical (unpaired) electrons. The van der Waals surface area contributed by atoms with Gasteiger partial charge in [-0.05, 0) is 42.5 Å². The van der Waals surface area contributed by atoms with Gasteiger partial charge >= 0.3 is 0 Å². The van der Waals surface area contributed by atoms with Gasteiger partial charge in [-0.2, -0.15) is 0 Å². The first-order valence-corrected chi connectivity index (χ1v) is 9.96. The van der Waals surface area contributed by atoms with Crippen molar-refractivity contribution >= 4 is 5.91 Å². The minimum Gasteiger partial charge on any atom is -0.338 e. The number of hydrogen-bond acceptors (Lipinski definition) is 4. The first-order valence-electron chi connectivity index (χ1n) is 9.96. The van der Waals surface area contributed by atoms with Gasteiger partial charge in [-0.3, -0.25) is 9.59 Å². The summed E-state index contributed by atoms with van der Waals surface area (Å²) in [5.74, 6) is 0.418. The van der Waals surface area contributed by atoms with Crippen molar-refractivity contribution in [1.29, 1.82) is 0 Å². The van der Waals surface area contributed by atoms with Gasteiger partial charge < -0.3 is 9.47 Å². The van der Waals surface area contributed by atoms with Gasteiger partial charge in [-0.25, -0.2) is 9.97 Å².